The van der Waals surface area contributed by atoms with Gasteiger partial charge in [-0.3, -0.25) is 4.79 Å². The fraction of sp³-hybridized carbons (Fsp3) is 0.316. The molecule has 4 rings (SSSR count). The van der Waals surface area contributed by atoms with E-state index in [1.165, 1.54) is 34.2 Å². The van der Waals surface area contributed by atoms with Crippen LogP contribution in [0.3, 0.4) is 0 Å². The van der Waals surface area contributed by atoms with Crippen molar-refractivity contribution in [2.75, 3.05) is 5.32 Å². The Kier molecular flexibility index (Phi) is 2.85. The van der Waals surface area contributed by atoms with Gasteiger partial charge in [-0.25, -0.2) is 0 Å². The van der Waals surface area contributed by atoms with E-state index in [9.17, 15) is 4.79 Å². The molecule has 106 valence electrons. The molecular formula is C19H19NO. The summed E-state index contributed by atoms with van der Waals surface area (Å²) in [5.74, 6) is 0.342. The van der Waals surface area contributed by atoms with Crippen LogP contribution in [0.5, 0.6) is 0 Å². The Bertz CT molecular complexity index is 732. The van der Waals surface area contributed by atoms with Gasteiger partial charge in [-0.05, 0) is 48.4 Å². The monoisotopic (exact) mass is 277 g/mol. The molecule has 2 nitrogen and oxygen atoms in total. The molecule has 2 aromatic carbocycles. The molecule has 0 radical (unpaired) electrons. The van der Waals surface area contributed by atoms with Gasteiger partial charge in [0.25, 0.3) is 0 Å². The molecule has 1 unspecified atom stereocenters. The lowest BCUT2D eigenvalue weighted by atomic mass is 9.82. The molecule has 0 bridgehead atoms. The predicted molar refractivity (Wildman–Crippen MR) is 84.7 cm³/mol. The van der Waals surface area contributed by atoms with Gasteiger partial charge in [0.05, 0.1) is 0 Å². The third-order valence-electron chi connectivity index (χ3n) is 4.79. The Balaban J connectivity index is 1.87. The van der Waals surface area contributed by atoms with Crippen LogP contribution in [0, 0.1) is 6.92 Å². The number of amides is 1. The number of benzene rings is 2. The second-order valence-corrected chi connectivity index (χ2v) is 6.24. The van der Waals surface area contributed by atoms with Gasteiger partial charge >= 0.3 is 0 Å². The van der Waals surface area contributed by atoms with E-state index in [4.69, 9.17) is 0 Å². The third kappa shape index (κ3) is 2.06. The van der Waals surface area contributed by atoms with Crippen LogP contribution in [0.2, 0.25) is 0 Å². The number of nitrogens with one attached hydrogen (secondary N) is 1. The number of carbonyl (C=O) groups is 1. The van der Waals surface area contributed by atoms with Gasteiger partial charge in [0.15, 0.2) is 0 Å². The predicted octanol–water partition coefficient (Wildman–Crippen LogP) is 3.96. The zero-order valence-corrected chi connectivity index (χ0v) is 12.3. The summed E-state index contributed by atoms with van der Waals surface area (Å²) >= 11 is 0. The molecule has 1 heterocycles. The lowest BCUT2D eigenvalue weighted by Crippen LogP contribution is -2.24. The maximum atomic E-state index is 12.2. The highest BCUT2D eigenvalue weighted by atomic mass is 16.1. The van der Waals surface area contributed by atoms with E-state index in [-0.39, 0.29) is 11.8 Å². The first-order valence-corrected chi connectivity index (χ1v) is 7.73. The first kappa shape index (κ1) is 12.6. The van der Waals surface area contributed by atoms with Crippen molar-refractivity contribution in [3.05, 3.63) is 64.2 Å². The smallest absolute Gasteiger partial charge is 0.225 e. The topological polar surface area (TPSA) is 29.1 Å². The van der Waals surface area contributed by atoms with Crippen LogP contribution in [0.4, 0.5) is 5.69 Å². The Hall–Kier alpha value is -2.09. The average molecular weight is 277 g/mol. The Morgan fingerprint density at radius 2 is 2.05 bits per heavy atom. The first-order valence-electron chi connectivity index (χ1n) is 7.73. The van der Waals surface area contributed by atoms with E-state index in [2.05, 4.69) is 48.6 Å². The summed E-state index contributed by atoms with van der Waals surface area (Å²) in [7, 11) is 0. The van der Waals surface area contributed by atoms with Crippen molar-refractivity contribution in [2.45, 2.75) is 38.5 Å². The highest BCUT2D eigenvalue weighted by Gasteiger charge is 2.30. The zero-order chi connectivity index (χ0) is 14.4. The highest BCUT2D eigenvalue weighted by Crippen LogP contribution is 2.42. The van der Waals surface area contributed by atoms with Crippen LogP contribution in [-0.2, 0) is 17.6 Å². The number of anilines is 1. The lowest BCUT2D eigenvalue weighted by Gasteiger charge is -2.28. The molecular weight excluding hydrogens is 258 g/mol. The summed E-state index contributed by atoms with van der Waals surface area (Å²) in [5, 5.41) is 3.14. The molecule has 0 saturated carbocycles. The highest BCUT2D eigenvalue weighted by molar-refractivity contribution is 5.96. The SMILES string of the molecule is Cc1cccc(C2CC(=O)Nc3c2ccc2c3CCC2)c1. The molecule has 1 atom stereocenters. The van der Waals surface area contributed by atoms with E-state index in [0.29, 0.717) is 6.42 Å². The molecule has 1 aliphatic carbocycles. The number of aryl methyl sites for hydroxylation is 2. The number of hydrogen-bond donors (Lipinski definition) is 1. The van der Waals surface area contributed by atoms with Crippen molar-refractivity contribution in [3.63, 3.8) is 0 Å². The van der Waals surface area contributed by atoms with Crippen LogP contribution in [-0.4, -0.2) is 5.91 Å². The normalized spacial score (nSPS) is 19.9. The molecule has 2 aromatic rings. The fourth-order valence-corrected chi connectivity index (χ4v) is 3.79. The molecule has 1 N–H and O–H groups in total. The van der Waals surface area contributed by atoms with E-state index in [1.54, 1.807) is 0 Å². The summed E-state index contributed by atoms with van der Waals surface area (Å²) in [6.45, 7) is 2.11. The molecule has 1 amide bonds. The van der Waals surface area contributed by atoms with Gasteiger partial charge < -0.3 is 5.32 Å². The number of carbonyl (C=O) groups excluding carboxylic acids is 1. The van der Waals surface area contributed by atoms with Crippen LogP contribution >= 0.6 is 0 Å². The summed E-state index contributed by atoms with van der Waals surface area (Å²) in [4.78, 5) is 12.2. The summed E-state index contributed by atoms with van der Waals surface area (Å²) < 4.78 is 0. The largest absolute Gasteiger partial charge is 0.326 e. The van der Waals surface area contributed by atoms with E-state index < -0.39 is 0 Å². The number of rotatable bonds is 1. The first-order chi connectivity index (χ1) is 10.2. The summed E-state index contributed by atoms with van der Waals surface area (Å²) in [6.07, 6.45) is 4.00. The molecule has 2 aliphatic rings. The van der Waals surface area contributed by atoms with Crippen molar-refractivity contribution in [3.8, 4) is 0 Å². The van der Waals surface area contributed by atoms with E-state index in [1.807, 2.05) is 0 Å². The maximum Gasteiger partial charge on any atom is 0.225 e. The van der Waals surface area contributed by atoms with Gasteiger partial charge in [0.1, 0.15) is 0 Å². The van der Waals surface area contributed by atoms with Gasteiger partial charge in [0.2, 0.25) is 5.91 Å². The van der Waals surface area contributed by atoms with Crippen LogP contribution in [0.25, 0.3) is 0 Å². The zero-order valence-electron chi connectivity index (χ0n) is 12.3. The Labute approximate surface area is 125 Å². The lowest BCUT2D eigenvalue weighted by molar-refractivity contribution is -0.116. The minimum atomic E-state index is 0.148. The third-order valence-corrected chi connectivity index (χ3v) is 4.79. The average Bonchev–Trinajstić information content (AvgIpc) is 2.95. The molecule has 2 heteroatoms. The van der Waals surface area contributed by atoms with Gasteiger partial charge in [0, 0.05) is 18.0 Å². The van der Waals surface area contributed by atoms with E-state index >= 15 is 0 Å². The van der Waals surface area contributed by atoms with Gasteiger partial charge in [-0.2, -0.15) is 0 Å². The number of fused-ring (bicyclic) bond motifs is 3. The summed E-state index contributed by atoms with van der Waals surface area (Å²) in [5.41, 5.74) is 7.69. The molecule has 0 fully saturated rings. The van der Waals surface area contributed by atoms with Gasteiger partial charge in [-0.1, -0.05) is 42.0 Å². The van der Waals surface area contributed by atoms with Crippen molar-refractivity contribution in [1.82, 2.24) is 0 Å². The Morgan fingerprint density at radius 3 is 2.90 bits per heavy atom. The van der Waals surface area contributed by atoms with Gasteiger partial charge in [-0.15, -0.1) is 0 Å². The van der Waals surface area contributed by atoms with E-state index in [0.717, 1.165) is 18.5 Å². The standard InChI is InChI=1S/C19H19NO/c1-12-4-2-6-14(10-12)17-11-18(21)20-19-15-7-3-5-13(15)8-9-16(17)19/h2,4,6,8-10,17H,3,5,7,11H2,1H3,(H,20,21). The van der Waals surface area contributed by atoms with Crippen molar-refractivity contribution >= 4 is 11.6 Å². The molecule has 21 heavy (non-hydrogen) atoms. The fourth-order valence-electron chi connectivity index (χ4n) is 3.79. The second-order valence-electron chi connectivity index (χ2n) is 6.24. The maximum absolute atomic E-state index is 12.2. The summed E-state index contributed by atoms with van der Waals surface area (Å²) in [6, 6.07) is 13.0. The Morgan fingerprint density at radius 1 is 1.14 bits per heavy atom. The van der Waals surface area contributed by atoms with Crippen LogP contribution in [0.1, 0.15) is 46.6 Å². The van der Waals surface area contributed by atoms with Crippen molar-refractivity contribution < 1.29 is 4.79 Å². The minimum absolute atomic E-state index is 0.148. The van der Waals surface area contributed by atoms with Crippen molar-refractivity contribution in [2.24, 2.45) is 0 Å². The second kappa shape index (κ2) is 4.73. The van der Waals surface area contributed by atoms with Crippen molar-refractivity contribution in [1.29, 1.82) is 0 Å². The number of hydrogen-bond acceptors (Lipinski definition) is 1. The molecule has 0 aromatic heterocycles. The molecule has 0 spiro atoms. The van der Waals surface area contributed by atoms with Crippen LogP contribution in [0.15, 0.2) is 36.4 Å². The quantitative estimate of drug-likeness (QED) is 0.840. The molecule has 0 saturated heterocycles. The molecule has 1 aliphatic heterocycles. The van der Waals surface area contributed by atoms with Crippen LogP contribution < -0.4 is 5.32 Å². The minimum Gasteiger partial charge on any atom is -0.326 e.